The van der Waals surface area contributed by atoms with Gasteiger partial charge in [0.05, 0.1) is 19.6 Å². The fourth-order valence-electron chi connectivity index (χ4n) is 4.24. The van der Waals surface area contributed by atoms with Crippen molar-refractivity contribution in [1.29, 1.82) is 0 Å². The van der Waals surface area contributed by atoms with Crippen molar-refractivity contribution in [2.45, 2.75) is 27.7 Å². The number of aryl methyl sites for hydroxylation is 4. The molecule has 186 valence electrons. The third kappa shape index (κ3) is 5.05. The molecule has 0 aliphatic heterocycles. The largest absolute Gasteiger partial charge is 0.493 e. The summed E-state index contributed by atoms with van der Waals surface area (Å²) < 4.78 is 28.1. The fraction of sp³-hybridized carbons (Fsp3) is 0.241. The van der Waals surface area contributed by atoms with Crippen LogP contribution in [0, 0.1) is 27.7 Å². The minimum Gasteiger partial charge on any atom is -0.493 e. The van der Waals surface area contributed by atoms with Crippen LogP contribution in [0.2, 0.25) is 0 Å². The van der Waals surface area contributed by atoms with Gasteiger partial charge in [0.1, 0.15) is 11.3 Å². The Bertz CT molecular complexity index is 1490. The van der Waals surface area contributed by atoms with Crippen molar-refractivity contribution in [2.75, 3.05) is 20.8 Å². The number of hydrogen-bond donors (Lipinski definition) is 0. The van der Waals surface area contributed by atoms with Gasteiger partial charge in [-0.25, -0.2) is 4.79 Å². The van der Waals surface area contributed by atoms with Gasteiger partial charge in [-0.2, -0.15) is 0 Å². The third-order valence-corrected chi connectivity index (χ3v) is 5.71. The van der Waals surface area contributed by atoms with E-state index in [1.165, 1.54) is 14.2 Å². The van der Waals surface area contributed by atoms with Crippen LogP contribution in [-0.2, 0) is 4.79 Å². The van der Waals surface area contributed by atoms with Crippen molar-refractivity contribution in [3.8, 4) is 34.3 Å². The molecule has 0 amide bonds. The molecule has 0 N–H and O–H groups in total. The van der Waals surface area contributed by atoms with Gasteiger partial charge in [-0.1, -0.05) is 12.1 Å². The van der Waals surface area contributed by atoms with Crippen molar-refractivity contribution < 1.29 is 28.2 Å². The molecule has 0 bridgehead atoms. The zero-order valence-electron chi connectivity index (χ0n) is 21.2. The van der Waals surface area contributed by atoms with Gasteiger partial charge in [-0.15, -0.1) is 0 Å². The van der Waals surface area contributed by atoms with E-state index in [4.69, 9.17) is 23.4 Å². The van der Waals surface area contributed by atoms with E-state index in [1.807, 2.05) is 52.0 Å². The highest BCUT2D eigenvalue weighted by Gasteiger charge is 2.23. The molecule has 0 fully saturated rings. The highest BCUT2D eigenvalue weighted by atomic mass is 16.6. The zero-order chi connectivity index (χ0) is 26.0. The minimum atomic E-state index is -0.729. The molecule has 1 heterocycles. The van der Waals surface area contributed by atoms with Crippen molar-refractivity contribution >= 4 is 16.9 Å². The monoisotopic (exact) mass is 488 g/mol. The lowest BCUT2D eigenvalue weighted by atomic mass is 10.0. The molecule has 0 saturated carbocycles. The number of ether oxygens (including phenoxy) is 4. The Labute approximate surface area is 209 Å². The summed E-state index contributed by atoms with van der Waals surface area (Å²) in [6, 6.07) is 14.4. The maximum atomic E-state index is 13.6. The topological polar surface area (TPSA) is 84.2 Å². The molecule has 4 rings (SSSR count). The zero-order valence-corrected chi connectivity index (χ0v) is 21.2. The van der Waals surface area contributed by atoms with E-state index >= 15 is 0 Å². The SMILES string of the molecule is COc1ccc(-c2oc3cc(C)cc(C)c3c(=O)c2OC(=O)COc2cc(C)cc(C)c2)cc1OC. The summed E-state index contributed by atoms with van der Waals surface area (Å²) in [5.74, 6) is 0.660. The lowest BCUT2D eigenvalue weighted by Crippen LogP contribution is -2.22. The molecule has 0 radical (unpaired) electrons. The van der Waals surface area contributed by atoms with Gasteiger partial charge in [0.2, 0.25) is 11.2 Å². The number of carbonyl (C=O) groups excluding carboxylic acids is 1. The molecular formula is C29H28O7. The first-order valence-electron chi connectivity index (χ1n) is 11.4. The number of benzene rings is 3. The second-order valence-electron chi connectivity index (χ2n) is 8.70. The highest BCUT2D eigenvalue weighted by Crippen LogP contribution is 2.37. The minimum absolute atomic E-state index is 0.109. The number of rotatable bonds is 7. The molecule has 0 saturated heterocycles. The maximum Gasteiger partial charge on any atom is 0.349 e. The van der Waals surface area contributed by atoms with Gasteiger partial charge in [0, 0.05) is 5.56 Å². The average Bonchev–Trinajstić information content (AvgIpc) is 2.82. The standard InChI is InChI=1S/C29H28O7/c1-16-9-17(2)12-21(11-16)34-15-25(30)36-29-27(31)26-19(4)10-18(3)13-24(26)35-28(29)20-7-8-22(32-5)23(14-20)33-6/h7-14H,15H2,1-6H3. The first-order chi connectivity index (χ1) is 17.2. The van der Waals surface area contributed by atoms with Crippen LogP contribution in [-0.4, -0.2) is 26.8 Å². The number of hydrogen-bond acceptors (Lipinski definition) is 7. The summed E-state index contributed by atoms with van der Waals surface area (Å²) in [5.41, 5.74) is 4.12. The maximum absolute atomic E-state index is 13.6. The quantitative estimate of drug-likeness (QED) is 0.309. The Morgan fingerprint density at radius 1 is 0.833 bits per heavy atom. The van der Waals surface area contributed by atoms with Crippen molar-refractivity contribution in [1.82, 2.24) is 0 Å². The van der Waals surface area contributed by atoms with Crippen LogP contribution < -0.4 is 24.4 Å². The second-order valence-corrected chi connectivity index (χ2v) is 8.70. The van der Waals surface area contributed by atoms with Crippen LogP contribution >= 0.6 is 0 Å². The van der Waals surface area contributed by atoms with Crippen LogP contribution in [0.5, 0.6) is 23.0 Å². The number of fused-ring (bicyclic) bond motifs is 1. The first-order valence-corrected chi connectivity index (χ1v) is 11.4. The normalized spacial score (nSPS) is 10.8. The summed E-state index contributed by atoms with van der Waals surface area (Å²) in [5, 5.41) is 0.350. The molecule has 3 aromatic carbocycles. The third-order valence-electron chi connectivity index (χ3n) is 5.71. The Balaban J connectivity index is 1.78. The molecule has 7 nitrogen and oxygen atoms in total. The molecule has 1 aromatic heterocycles. The van der Waals surface area contributed by atoms with E-state index in [1.54, 1.807) is 24.3 Å². The first kappa shape index (κ1) is 24.9. The Morgan fingerprint density at radius 3 is 2.17 bits per heavy atom. The second kappa shape index (κ2) is 10.2. The predicted molar refractivity (Wildman–Crippen MR) is 138 cm³/mol. The summed E-state index contributed by atoms with van der Waals surface area (Å²) in [6.07, 6.45) is 0. The van der Waals surface area contributed by atoms with E-state index in [-0.39, 0.29) is 18.1 Å². The highest BCUT2D eigenvalue weighted by molar-refractivity contribution is 5.87. The molecule has 4 aromatic rings. The van der Waals surface area contributed by atoms with Crippen molar-refractivity contribution in [2.24, 2.45) is 0 Å². The van der Waals surface area contributed by atoms with Crippen LogP contribution in [0.1, 0.15) is 22.3 Å². The molecule has 0 atom stereocenters. The molecule has 0 aliphatic carbocycles. The molecular weight excluding hydrogens is 460 g/mol. The molecule has 0 unspecified atom stereocenters. The summed E-state index contributed by atoms with van der Waals surface area (Å²) >= 11 is 0. The lowest BCUT2D eigenvalue weighted by Gasteiger charge is -2.14. The van der Waals surface area contributed by atoms with Crippen LogP contribution in [0.3, 0.4) is 0 Å². The van der Waals surface area contributed by atoms with Gasteiger partial charge in [-0.05, 0) is 86.3 Å². The van der Waals surface area contributed by atoms with Gasteiger partial charge in [0.15, 0.2) is 23.9 Å². The number of carbonyl (C=O) groups is 1. The van der Waals surface area contributed by atoms with E-state index < -0.39 is 11.4 Å². The van der Waals surface area contributed by atoms with Crippen molar-refractivity contribution in [3.63, 3.8) is 0 Å². The van der Waals surface area contributed by atoms with E-state index in [0.717, 1.165) is 22.3 Å². The smallest absolute Gasteiger partial charge is 0.349 e. The van der Waals surface area contributed by atoms with E-state index in [9.17, 15) is 9.59 Å². The van der Waals surface area contributed by atoms with Gasteiger partial charge in [-0.3, -0.25) is 4.79 Å². The predicted octanol–water partition coefficient (Wildman–Crippen LogP) is 5.70. The lowest BCUT2D eigenvalue weighted by molar-refractivity contribution is -0.136. The van der Waals surface area contributed by atoms with Gasteiger partial charge < -0.3 is 23.4 Å². The van der Waals surface area contributed by atoms with Gasteiger partial charge in [0.25, 0.3) is 0 Å². The molecule has 0 spiro atoms. The number of esters is 1. The summed E-state index contributed by atoms with van der Waals surface area (Å²) in [6.45, 7) is 7.24. The molecule has 7 heteroatoms. The number of methoxy groups -OCH3 is 2. The van der Waals surface area contributed by atoms with Crippen LogP contribution in [0.15, 0.2) is 57.7 Å². The van der Waals surface area contributed by atoms with Crippen LogP contribution in [0.25, 0.3) is 22.3 Å². The molecule has 36 heavy (non-hydrogen) atoms. The average molecular weight is 489 g/mol. The van der Waals surface area contributed by atoms with Gasteiger partial charge >= 0.3 is 5.97 Å². The Hall–Kier alpha value is -4.26. The van der Waals surface area contributed by atoms with E-state index in [0.29, 0.717) is 33.8 Å². The fourth-order valence-corrected chi connectivity index (χ4v) is 4.24. The summed E-state index contributed by atoms with van der Waals surface area (Å²) in [7, 11) is 3.04. The van der Waals surface area contributed by atoms with Crippen LogP contribution in [0.4, 0.5) is 0 Å². The Kier molecular flexibility index (Phi) is 7.01. The van der Waals surface area contributed by atoms with Crippen molar-refractivity contribution in [3.05, 3.63) is 81.0 Å². The Morgan fingerprint density at radius 2 is 1.50 bits per heavy atom. The van der Waals surface area contributed by atoms with E-state index in [2.05, 4.69) is 0 Å². The summed E-state index contributed by atoms with van der Waals surface area (Å²) in [4.78, 5) is 26.4. The molecule has 0 aliphatic rings.